The van der Waals surface area contributed by atoms with Crippen molar-refractivity contribution >= 4 is 46.3 Å². The smallest absolute Gasteiger partial charge is 0.109 e. The molecule has 0 saturated heterocycles. The molecular formula is C43H42N3P. The third-order valence-electron chi connectivity index (χ3n) is 9.65. The van der Waals surface area contributed by atoms with Crippen LogP contribution in [0.3, 0.4) is 0 Å². The van der Waals surface area contributed by atoms with Crippen molar-refractivity contribution in [2.75, 3.05) is 11.9 Å². The number of anilines is 2. The molecule has 0 amide bonds. The van der Waals surface area contributed by atoms with Crippen molar-refractivity contribution in [3.05, 3.63) is 174 Å². The lowest BCUT2D eigenvalue weighted by atomic mass is 9.90. The van der Waals surface area contributed by atoms with E-state index in [1.807, 2.05) is 0 Å². The zero-order valence-electron chi connectivity index (χ0n) is 27.1. The maximum Gasteiger partial charge on any atom is 0.109 e. The van der Waals surface area contributed by atoms with Crippen LogP contribution < -0.4 is 27.0 Å². The van der Waals surface area contributed by atoms with E-state index in [0.29, 0.717) is 11.6 Å². The molecule has 4 unspecified atom stereocenters. The van der Waals surface area contributed by atoms with Gasteiger partial charge in [0.2, 0.25) is 0 Å². The van der Waals surface area contributed by atoms with Crippen LogP contribution in [-0.4, -0.2) is 12.7 Å². The summed E-state index contributed by atoms with van der Waals surface area (Å²) in [5.41, 5.74) is 21.2. The molecule has 3 aliphatic rings. The fourth-order valence-electron chi connectivity index (χ4n) is 7.47. The fraction of sp³-hybridized carbons (Fsp3) is 0.163. The van der Waals surface area contributed by atoms with E-state index in [9.17, 15) is 0 Å². The molecule has 4 atom stereocenters. The van der Waals surface area contributed by atoms with Gasteiger partial charge in [0.05, 0.1) is 5.69 Å². The second-order valence-corrected chi connectivity index (χ2v) is 14.6. The van der Waals surface area contributed by atoms with Crippen LogP contribution in [-0.2, 0) is 0 Å². The van der Waals surface area contributed by atoms with E-state index in [0.717, 1.165) is 29.8 Å². The summed E-state index contributed by atoms with van der Waals surface area (Å²) in [4.78, 5) is 2.39. The van der Waals surface area contributed by atoms with E-state index in [1.165, 1.54) is 50.7 Å². The van der Waals surface area contributed by atoms with E-state index in [1.54, 1.807) is 0 Å². The van der Waals surface area contributed by atoms with Gasteiger partial charge in [0.1, 0.15) is 6.17 Å². The molecule has 47 heavy (non-hydrogen) atoms. The normalized spacial score (nSPS) is 20.0. The first-order chi connectivity index (χ1) is 23.2. The number of rotatable bonds is 6. The third kappa shape index (κ3) is 5.70. The van der Waals surface area contributed by atoms with Crippen LogP contribution >= 0.6 is 7.92 Å². The second-order valence-electron chi connectivity index (χ2n) is 12.3. The van der Waals surface area contributed by atoms with Crippen LogP contribution in [0, 0.1) is 0 Å². The Balaban J connectivity index is 0.00000172. The monoisotopic (exact) mass is 631 g/mol. The van der Waals surface area contributed by atoms with Crippen molar-refractivity contribution in [2.45, 2.75) is 37.5 Å². The number of benzene rings is 5. The van der Waals surface area contributed by atoms with Crippen molar-refractivity contribution in [1.82, 2.24) is 0 Å². The standard InChI is InChI=1S/C42H37N2P.CH5N/c1-29-14-5-7-19-33(29)35-21-9-11-24-39(35)44(42(43)37-23-13-16-30-15-6-8-20-34(30)37)31-26-27-41-38(28-31)36-22-10-12-25-40(36)45(41)32-17-3-2-4-18-32;1-2/h2-4,6-13,15-28,36,40,42H,5,14,43H2,1H3;2H2,1H3. The summed E-state index contributed by atoms with van der Waals surface area (Å²) in [6.07, 6.45) is 15.7. The zero-order chi connectivity index (χ0) is 32.3. The molecule has 1 aliphatic heterocycles. The molecule has 8 rings (SSSR count). The predicted molar refractivity (Wildman–Crippen MR) is 204 cm³/mol. The lowest BCUT2D eigenvalue weighted by Gasteiger charge is -2.35. The van der Waals surface area contributed by atoms with Crippen LogP contribution in [0.2, 0.25) is 0 Å². The Morgan fingerprint density at radius 1 is 0.787 bits per heavy atom. The van der Waals surface area contributed by atoms with Crippen LogP contribution in [0.1, 0.15) is 48.5 Å². The number of fused-ring (bicyclic) bond motifs is 4. The average molecular weight is 632 g/mol. The molecule has 2 aliphatic carbocycles. The largest absolute Gasteiger partial charge is 0.333 e. The summed E-state index contributed by atoms with van der Waals surface area (Å²) >= 11 is 0. The Bertz CT molecular complexity index is 2020. The summed E-state index contributed by atoms with van der Waals surface area (Å²) in [5, 5.41) is 5.32. The highest BCUT2D eigenvalue weighted by Gasteiger charge is 2.40. The minimum Gasteiger partial charge on any atom is -0.333 e. The highest BCUT2D eigenvalue weighted by molar-refractivity contribution is 7.74. The van der Waals surface area contributed by atoms with E-state index >= 15 is 0 Å². The highest BCUT2D eigenvalue weighted by atomic mass is 31.1. The first-order valence-corrected chi connectivity index (χ1v) is 18.0. The molecule has 0 spiro atoms. The van der Waals surface area contributed by atoms with E-state index in [2.05, 4.69) is 169 Å². The molecule has 0 radical (unpaired) electrons. The maximum atomic E-state index is 7.47. The third-order valence-corrected chi connectivity index (χ3v) is 12.5. The molecule has 0 bridgehead atoms. The maximum absolute atomic E-state index is 7.47. The zero-order valence-corrected chi connectivity index (χ0v) is 28.0. The summed E-state index contributed by atoms with van der Waals surface area (Å²) in [6, 6.07) is 42.2. The van der Waals surface area contributed by atoms with Crippen LogP contribution in [0.4, 0.5) is 11.4 Å². The summed E-state index contributed by atoms with van der Waals surface area (Å²) < 4.78 is 0. The molecular weight excluding hydrogens is 589 g/mol. The van der Waals surface area contributed by atoms with Crippen LogP contribution in [0.5, 0.6) is 0 Å². The topological polar surface area (TPSA) is 55.3 Å². The summed E-state index contributed by atoms with van der Waals surface area (Å²) in [5.74, 6) is 0.355. The van der Waals surface area contributed by atoms with Gasteiger partial charge in [0, 0.05) is 22.8 Å². The quantitative estimate of drug-likeness (QED) is 0.145. The van der Waals surface area contributed by atoms with Gasteiger partial charge in [-0.1, -0.05) is 139 Å². The van der Waals surface area contributed by atoms with Crippen molar-refractivity contribution in [2.24, 2.45) is 11.5 Å². The van der Waals surface area contributed by atoms with Crippen molar-refractivity contribution in [3.8, 4) is 0 Å². The Morgan fingerprint density at radius 3 is 2.38 bits per heavy atom. The number of allylic oxidation sites excluding steroid dienone is 8. The number of nitrogens with two attached hydrogens (primary N) is 2. The number of hydrogen-bond donors (Lipinski definition) is 2. The minimum atomic E-state index is -0.509. The van der Waals surface area contributed by atoms with Crippen LogP contribution in [0.15, 0.2) is 157 Å². The Labute approximate surface area is 280 Å². The van der Waals surface area contributed by atoms with Crippen molar-refractivity contribution in [1.29, 1.82) is 0 Å². The number of para-hydroxylation sites is 1. The Hall–Kier alpha value is -4.53. The molecule has 0 aromatic heterocycles. The lowest BCUT2D eigenvalue weighted by molar-refractivity contribution is 0.740. The first kappa shape index (κ1) is 31.1. The SMILES string of the molecule is CC1=C(c2ccccc2N(c2ccc3c(c2)C2C=CC=CC2P3c2ccccc2)C(N)c2cccc3ccccc23)C=CCC1.CN. The van der Waals surface area contributed by atoms with E-state index in [-0.39, 0.29) is 0 Å². The number of nitrogens with zero attached hydrogens (tertiary/aromatic N) is 1. The van der Waals surface area contributed by atoms with Gasteiger partial charge in [0.15, 0.2) is 0 Å². The Morgan fingerprint density at radius 2 is 1.53 bits per heavy atom. The molecule has 5 aromatic carbocycles. The molecule has 4 N–H and O–H groups in total. The van der Waals surface area contributed by atoms with Gasteiger partial charge in [-0.05, 0) is 91.0 Å². The molecule has 3 nitrogen and oxygen atoms in total. The van der Waals surface area contributed by atoms with Gasteiger partial charge < -0.3 is 16.4 Å². The summed E-state index contributed by atoms with van der Waals surface area (Å²) in [6.45, 7) is 2.27. The molecule has 5 aromatic rings. The van der Waals surface area contributed by atoms with Crippen molar-refractivity contribution < 1.29 is 0 Å². The minimum absolute atomic E-state index is 0.355. The van der Waals surface area contributed by atoms with Crippen LogP contribution in [0.25, 0.3) is 16.3 Å². The molecule has 0 fully saturated rings. The number of hydrogen-bond acceptors (Lipinski definition) is 3. The van der Waals surface area contributed by atoms with Crippen molar-refractivity contribution in [3.63, 3.8) is 0 Å². The van der Waals surface area contributed by atoms with Gasteiger partial charge in [-0.3, -0.25) is 0 Å². The average Bonchev–Trinajstić information content (AvgIpc) is 3.47. The first-order valence-electron chi connectivity index (χ1n) is 16.6. The molecule has 4 heteroatoms. The molecule has 0 saturated carbocycles. The predicted octanol–water partition coefficient (Wildman–Crippen LogP) is 9.36. The van der Waals surface area contributed by atoms with Gasteiger partial charge in [-0.25, -0.2) is 0 Å². The molecule has 1 heterocycles. The fourth-order valence-corrected chi connectivity index (χ4v) is 10.5. The van der Waals surface area contributed by atoms with Gasteiger partial charge in [-0.15, -0.1) is 0 Å². The highest BCUT2D eigenvalue weighted by Crippen LogP contribution is 2.56. The second kappa shape index (κ2) is 13.7. The van der Waals surface area contributed by atoms with E-state index < -0.39 is 14.1 Å². The summed E-state index contributed by atoms with van der Waals surface area (Å²) in [7, 11) is 0.991. The van der Waals surface area contributed by atoms with Gasteiger partial charge in [0.25, 0.3) is 0 Å². The van der Waals surface area contributed by atoms with Gasteiger partial charge >= 0.3 is 0 Å². The lowest BCUT2D eigenvalue weighted by Crippen LogP contribution is -2.32. The Kier molecular flexibility index (Phi) is 9.05. The van der Waals surface area contributed by atoms with E-state index in [4.69, 9.17) is 5.73 Å². The van der Waals surface area contributed by atoms with Gasteiger partial charge in [-0.2, -0.15) is 0 Å². The molecule has 234 valence electrons.